The van der Waals surface area contributed by atoms with Crippen molar-refractivity contribution in [3.8, 4) is 22.4 Å². The topological polar surface area (TPSA) is 21.4 Å². The second kappa shape index (κ2) is 10.1. The molecule has 0 radical (unpaired) electrons. The quantitative estimate of drug-likeness (QED) is 0.207. The molecule has 0 aliphatic carbocycles. The number of aryl methyl sites for hydroxylation is 3. The molecular weight excluding hydrogens is 562 g/mol. The fourth-order valence-electron chi connectivity index (χ4n) is 5.40. The first kappa shape index (κ1) is 24.5. The zero-order valence-corrected chi connectivity index (χ0v) is 23.8. The van der Waals surface area contributed by atoms with E-state index in [1.165, 1.54) is 33.6 Å². The highest BCUT2D eigenvalue weighted by atomic mass is 79.9. The van der Waals surface area contributed by atoms with Crippen LogP contribution in [-0.2, 0) is 19.4 Å². The number of benzene rings is 3. The minimum absolute atomic E-state index is 0.718. The summed E-state index contributed by atoms with van der Waals surface area (Å²) in [7, 11) is 0. The highest BCUT2D eigenvalue weighted by Gasteiger charge is 2.28. The van der Waals surface area contributed by atoms with Gasteiger partial charge in [0.2, 0.25) is 0 Å². The Bertz CT molecular complexity index is 1600. The van der Waals surface area contributed by atoms with Crippen LogP contribution in [0.4, 0.5) is 5.69 Å². The summed E-state index contributed by atoms with van der Waals surface area (Å²) in [6.45, 7) is 3.15. The Balaban J connectivity index is 1.57. The molecule has 3 aromatic carbocycles. The second-order valence-corrected chi connectivity index (χ2v) is 11.3. The van der Waals surface area contributed by atoms with Crippen molar-refractivity contribution in [1.29, 1.82) is 0 Å². The molecule has 0 saturated heterocycles. The third kappa shape index (κ3) is 4.54. The fraction of sp³-hybridized carbons (Fsp3) is 0.194. The lowest BCUT2D eigenvalue weighted by molar-refractivity contribution is 0.647. The van der Waals surface area contributed by atoms with Crippen molar-refractivity contribution in [2.75, 3.05) is 5.32 Å². The summed E-state index contributed by atoms with van der Waals surface area (Å²) in [5.41, 5.74) is 10.7. The number of nitrogens with one attached hydrogen (secondary N) is 1. The molecule has 0 bridgehead atoms. The minimum atomic E-state index is 0.718. The molecule has 1 N–H and O–H groups in total. The van der Waals surface area contributed by atoms with Crippen molar-refractivity contribution in [2.24, 2.45) is 0 Å². The van der Waals surface area contributed by atoms with E-state index in [-0.39, 0.29) is 0 Å². The van der Waals surface area contributed by atoms with Gasteiger partial charge in [-0.2, -0.15) is 0 Å². The van der Waals surface area contributed by atoms with Crippen LogP contribution in [-0.4, -0.2) is 14.0 Å². The van der Waals surface area contributed by atoms with Gasteiger partial charge >= 0.3 is 0 Å². The van der Waals surface area contributed by atoms with Crippen LogP contribution in [0.2, 0.25) is 5.02 Å². The van der Waals surface area contributed by atoms with Gasteiger partial charge in [-0.3, -0.25) is 4.40 Å². The van der Waals surface area contributed by atoms with E-state index in [0.717, 1.165) is 63.7 Å². The van der Waals surface area contributed by atoms with Crippen LogP contribution in [0.25, 0.3) is 28.0 Å². The number of hydrogen-bond donors (Lipinski definition) is 1. The number of imidazole rings is 1. The first-order chi connectivity index (χ1) is 18.0. The number of hydrogen-bond acceptors (Lipinski definition) is 1. The van der Waals surface area contributed by atoms with Gasteiger partial charge in [-0.05, 0) is 78.8 Å². The maximum absolute atomic E-state index is 6.28. The van der Waals surface area contributed by atoms with E-state index in [9.17, 15) is 0 Å². The van der Waals surface area contributed by atoms with Crippen molar-refractivity contribution in [1.82, 2.24) is 8.97 Å². The van der Waals surface area contributed by atoms with Crippen molar-refractivity contribution >= 4 is 56.1 Å². The largest absolute Gasteiger partial charge is 0.345 e. The monoisotopic (exact) mass is 587 g/mol. The molecule has 0 fully saturated rings. The van der Waals surface area contributed by atoms with Crippen LogP contribution in [0.3, 0.4) is 0 Å². The molecule has 1 aliphatic heterocycles. The van der Waals surface area contributed by atoms with E-state index in [1.807, 2.05) is 12.1 Å². The van der Waals surface area contributed by atoms with E-state index in [0.29, 0.717) is 0 Å². The number of rotatable bonds is 5. The predicted molar refractivity (Wildman–Crippen MR) is 163 cm³/mol. The Labute approximate surface area is 236 Å². The Hall–Kier alpha value is -2.86. The van der Waals surface area contributed by atoms with Crippen molar-refractivity contribution < 1.29 is 0 Å². The number of aromatic nitrogens is 2. The molecule has 0 saturated carbocycles. The van der Waals surface area contributed by atoms with Gasteiger partial charge in [0.1, 0.15) is 10.6 Å². The van der Waals surface area contributed by atoms with Gasteiger partial charge < -0.3 is 9.88 Å². The van der Waals surface area contributed by atoms with E-state index in [4.69, 9.17) is 23.8 Å². The van der Waals surface area contributed by atoms with Crippen LogP contribution in [0.15, 0.2) is 83.5 Å². The molecule has 2 aromatic heterocycles. The van der Waals surface area contributed by atoms with Crippen molar-refractivity contribution in [2.45, 2.75) is 39.2 Å². The Morgan fingerprint density at radius 2 is 1.65 bits per heavy atom. The summed E-state index contributed by atoms with van der Waals surface area (Å²) < 4.78 is 5.88. The zero-order valence-electron chi connectivity index (χ0n) is 20.6. The van der Waals surface area contributed by atoms with Gasteiger partial charge in [-0.15, -0.1) is 0 Å². The number of nitrogens with zero attached hydrogens (tertiary/aromatic N) is 2. The SMILES string of the molecule is CCc1ccc(NC(=S)c2c(-c3ccc(Cl)cc3)c3c4n(c(-c5ccc(Br)cc5)cn24)CCCC3)cc1. The average molecular weight is 589 g/mol. The normalized spacial score (nSPS) is 13.1. The second-order valence-electron chi connectivity index (χ2n) is 9.54. The third-order valence-electron chi connectivity index (χ3n) is 7.24. The molecular formula is C31H27BrClN3S. The van der Waals surface area contributed by atoms with E-state index >= 15 is 0 Å². The predicted octanol–water partition coefficient (Wildman–Crippen LogP) is 9.18. The highest BCUT2D eigenvalue weighted by Crippen LogP contribution is 2.40. The highest BCUT2D eigenvalue weighted by molar-refractivity contribution is 9.10. The molecule has 3 nitrogen and oxygen atoms in total. The van der Waals surface area contributed by atoms with Gasteiger partial charge in [0.25, 0.3) is 0 Å². The Kier molecular flexibility index (Phi) is 6.70. The summed E-state index contributed by atoms with van der Waals surface area (Å²) >= 11 is 16.0. The number of anilines is 1. The number of thiocarbonyl (C=S) groups is 1. The summed E-state index contributed by atoms with van der Waals surface area (Å²) in [5, 5.41) is 4.28. The molecule has 6 rings (SSSR count). The lowest BCUT2D eigenvalue weighted by Crippen LogP contribution is -2.14. The summed E-state index contributed by atoms with van der Waals surface area (Å²) in [6.07, 6.45) is 6.57. The van der Waals surface area contributed by atoms with Crippen LogP contribution in [0.5, 0.6) is 0 Å². The van der Waals surface area contributed by atoms with Gasteiger partial charge in [0.05, 0.1) is 11.4 Å². The molecule has 6 heteroatoms. The third-order valence-corrected chi connectivity index (χ3v) is 8.32. The van der Waals surface area contributed by atoms with Crippen LogP contribution < -0.4 is 5.32 Å². The lowest BCUT2D eigenvalue weighted by atomic mass is 9.98. The van der Waals surface area contributed by atoms with E-state index in [1.54, 1.807) is 0 Å². The molecule has 0 unspecified atom stereocenters. The van der Waals surface area contributed by atoms with E-state index in [2.05, 4.69) is 104 Å². The maximum atomic E-state index is 6.28. The van der Waals surface area contributed by atoms with Crippen molar-refractivity contribution in [3.05, 3.63) is 105 Å². The lowest BCUT2D eigenvalue weighted by Gasteiger charge is -2.13. The van der Waals surface area contributed by atoms with Crippen LogP contribution in [0, 0.1) is 0 Å². The first-order valence-electron chi connectivity index (χ1n) is 12.7. The van der Waals surface area contributed by atoms with Gasteiger partial charge in [-0.25, -0.2) is 0 Å². The smallest absolute Gasteiger partial charge is 0.128 e. The molecule has 3 heterocycles. The van der Waals surface area contributed by atoms with Gasteiger partial charge in [0.15, 0.2) is 0 Å². The molecule has 5 aromatic rings. The summed E-state index contributed by atoms with van der Waals surface area (Å²) in [4.78, 5) is 0.718. The van der Waals surface area contributed by atoms with Gasteiger partial charge in [0, 0.05) is 39.1 Å². The average Bonchev–Trinajstić information content (AvgIpc) is 3.33. The van der Waals surface area contributed by atoms with Crippen LogP contribution in [0.1, 0.15) is 36.6 Å². The molecule has 37 heavy (non-hydrogen) atoms. The molecule has 1 aliphatic rings. The standard InChI is InChI=1S/C31H27BrClN3S/c1-2-20-6-16-25(17-7-20)34-30(37)29-28(22-10-14-24(33)15-11-22)26-5-3-4-18-35-27(19-36(29)31(26)35)21-8-12-23(32)13-9-21/h6-17,19H,2-5,18H2,1H3,(H,34,37). The van der Waals surface area contributed by atoms with Crippen LogP contribution >= 0.6 is 39.7 Å². The van der Waals surface area contributed by atoms with Crippen molar-refractivity contribution in [3.63, 3.8) is 0 Å². The molecule has 186 valence electrons. The first-order valence-corrected chi connectivity index (χ1v) is 14.3. The summed E-state index contributed by atoms with van der Waals surface area (Å²) in [6, 6.07) is 25.3. The molecule has 0 atom stereocenters. The maximum Gasteiger partial charge on any atom is 0.128 e. The minimum Gasteiger partial charge on any atom is -0.345 e. The van der Waals surface area contributed by atoms with E-state index < -0.39 is 0 Å². The number of halogens is 2. The Morgan fingerprint density at radius 1 is 0.946 bits per heavy atom. The summed E-state index contributed by atoms with van der Waals surface area (Å²) in [5.74, 6) is 0. The molecule has 0 spiro atoms. The zero-order chi connectivity index (χ0) is 25.5. The fourth-order valence-corrected chi connectivity index (χ4v) is 6.11. The van der Waals surface area contributed by atoms with Gasteiger partial charge in [-0.1, -0.05) is 83.1 Å². The molecule has 0 amide bonds. The Morgan fingerprint density at radius 3 is 2.35 bits per heavy atom.